The molecule has 2 aromatic heterocycles. The maximum absolute atomic E-state index is 11.1. The van der Waals surface area contributed by atoms with Crippen molar-refractivity contribution in [3.05, 3.63) is 60.4 Å². The van der Waals surface area contributed by atoms with Crippen molar-refractivity contribution in [2.45, 2.75) is 25.3 Å². The minimum Gasteiger partial charge on any atom is -0.326 e. The van der Waals surface area contributed by atoms with Crippen LogP contribution in [-0.2, 0) is 11.3 Å². The molecule has 9 heteroatoms. The summed E-state index contributed by atoms with van der Waals surface area (Å²) in [5.41, 5.74) is 2.86. The summed E-state index contributed by atoms with van der Waals surface area (Å²) in [6, 6.07) is 9.71. The Morgan fingerprint density at radius 1 is 1.30 bits per heavy atom. The molecule has 0 bridgehead atoms. The van der Waals surface area contributed by atoms with Gasteiger partial charge in [-0.3, -0.25) is 14.5 Å². The van der Waals surface area contributed by atoms with Crippen LogP contribution >= 0.6 is 11.9 Å². The summed E-state index contributed by atoms with van der Waals surface area (Å²) in [6.07, 6.45) is 5.68. The smallest absolute Gasteiger partial charge is 0.221 e. The normalized spacial score (nSPS) is 13.1. The predicted octanol–water partition coefficient (Wildman–Crippen LogP) is 3.26. The molecule has 0 saturated heterocycles. The maximum atomic E-state index is 11.1. The van der Waals surface area contributed by atoms with Crippen LogP contribution in [0.1, 0.15) is 18.3 Å². The summed E-state index contributed by atoms with van der Waals surface area (Å²) in [7, 11) is 0. The number of rotatable bonds is 5. The van der Waals surface area contributed by atoms with E-state index in [1.165, 1.54) is 6.92 Å². The van der Waals surface area contributed by atoms with Gasteiger partial charge in [-0.05, 0) is 43.1 Å². The van der Waals surface area contributed by atoms with E-state index in [1.54, 1.807) is 18.3 Å². The molecule has 8 nitrogen and oxygen atoms in total. The number of aryl methyl sites for hydroxylation is 1. The molecule has 0 spiro atoms. The first kappa shape index (κ1) is 17.2. The van der Waals surface area contributed by atoms with Gasteiger partial charge in [0.05, 0.1) is 24.6 Å². The SMILES string of the molecule is CC(=O)Nc1ccc(SN2C=C(Nc3cc(C)[nH]n3)n3cncc3C2)cc1. The lowest BCUT2D eigenvalue weighted by atomic mass is 10.3. The molecule has 0 unspecified atom stereocenters. The van der Waals surface area contributed by atoms with E-state index in [0.717, 1.165) is 40.2 Å². The third kappa shape index (κ3) is 3.98. The molecule has 3 aromatic rings. The second kappa shape index (κ2) is 7.20. The summed E-state index contributed by atoms with van der Waals surface area (Å²) in [5.74, 6) is 1.56. The van der Waals surface area contributed by atoms with Gasteiger partial charge in [0.15, 0.2) is 5.82 Å². The van der Waals surface area contributed by atoms with E-state index in [0.29, 0.717) is 0 Å². The number of carbonyl (C=O) groups excluding carboxylic acids is 1. The quantitative estimate of drug-likeness (QED) is 0.588. The van der Waals surface area contributed by atoms with Gasteiger partial charge in [0, 0.05) is 29.3 Å². The number of hydrogen-bond donors (Lipinski definition) is 3. The van der Waals surface area contributed by atoms with Crippen LogP contribution < -0.4 is 10.6 Å². The van der Waals surface area contributed by atoms with Crippen LogP contribution in [0, 0.1) is 6.92 Å². The lowest BCUT2D eigenvalue weighted by Crippen LogP contribution is -2.22. The van der Waals surface area contributed by atoms with Crippen molar-refractivity contribution in [3.8, 4) is 0 Å². The van der Waals surface area contributed by atoms with Gasteiger partial charge in [-0.1, -0.05) is 0 Å². The highest BCUT2D eigenvalue weighted by atomic mass is 32.2. The first-order valence-electron chi connectivity index (χ1n) is 8.41. The van der Waals surface area contributed by atoms with Gasteiger partial charge in [0.1, 0.15) is 12.1 Å². The van der Waals surface area contributed by atoms with Gasteiger partial charge in [-0.2, -0.15) is 5.10 Å². The molecule has 0 fully saturated rings. The molecule has 0 aliphatic carbocycles. The topological polar surface area (TPSA) is 90.9 Å². The lowest BCUT2D eigenvalue weighted by molar-refractivity contribution is -0.114. The minimum atomic E-state index is -0.0769. The van der Waals surface area contributed by atoms with Crippen molar-refractivity contribution >= 4 is 35.2 Å². The average Bonchev–Trinajstić information content (AvgIpc) is 3.25. The zero-order valence-electron chi connectivity index (χ0n) is 14.9. The van der Waals surface area contributed by atoms with E-state index in [2.05, 4.69) is 30.1 Å². The Morgan fingerprint density at radius 2 is 2.11 bits per heavy atom. The molecule has 1 aliphatic rings. The van der Waals surface area contributed by atoms with Crippen LogP contribution in [0.2, 0.25) is 0 Å². The molecular weight excluding hydrogens is 362 g/mol. The van der Waals surface area contributed by atoms with Crippen LogP contribution in [0.3, 0.4) is 0 Å². The van der Waals surface area contributed by atoms with Crippen molar-refractivity contribution in [2.75, 3.05) is 10.6 Å². The van der Waals surface area contributed by atoms with E-state index in [-0.39, 0.29) is 5.91 Å². The monoisotopic (exact) mass is 381 g/mol. The van der Waals surface area contributed by atoms with E-state index in [4.69, 9.17) is 0 Å². The zero-order valence-corrected chi connectivity index (χ0v) is 15.7. The molecular formula is C18H19N7OS. The molecule has 3 heterocycles. The standard InChI is InChI=1S/C18H19N7OS/c1-12-7-17(23-22-12)21-18-10-24(9-15-8-19-11-25(15)18)27-16-5-3-14(4-6-16)20-13(2)26/h3-8,10-11H,9H2,1-2H3,(H,20,26)(H2,21,22,23). The van der Waals surface area contributed by atoms with Gasteiger partial charge < -0.3 is 14.9 Å². The number of H-pyrrole nitrogens is 1. The third-order valence-electron chi connectivity index (χ3n) is 3.92. The fourth-order valence-corrected chi connectivity index (χ4v) is 3.64. The van der Waals surface area contributed by atoms with Gasteiger partial charge >= 0.3 is 0 Å². The number of amides is 1. The molecule has 4 rings (SSSR count). The summed E-state index contributed by atoms with van der Waals surface area (Å²) in [5, 5.41) is 13.3. The Balaban J connectivity index is 1.52. The molecule has 1 amide bonds. The highest BCUT2D eigenvalue weighted by molar-refractivity contribution is 7.97. The van der Waals surface area contributed by atoms with Crippen molar-refractivity contribution in [1.82, 2.24) is 24.1 Å². The first-order chi connectivity index (χ1) is 13.1. The van der Waals surface area contributed by atoms with E-state index >= 15 is 0 Å². The highest BCUT2D eigenvalue weighted by Crippen LogP contribution is 2.31. The number of aromatic amines is 1. The van der Waals surface area contributed by atoms with Gasteiger partial charge in [0.2, 0.25) is 5.91 Å². The molecule has 0 atom stereocenters. The second-order valence-electron chi connectivity index (χ2n) is 6.20. The van der Waals surface area contributed by atoms with Crippen LogP contribution in [0.15, 0.2) is 54.0 Å². The van der Waals surface area contributed by atoms with Crippen LogP contribution in [0.25, 0.3) is 5.82 Å². The fraction of sp³-hybridized carbons (Fsp3) is 0.167. The molecule has 0 radical (unpaired) electrons. The first-order valence-corrected chi connectivity index (χ1v) is 9.19. The lowest BCUT2D eigenvalue weighted by Gasteiger charge is -2.27. The van der Waals surface area contributed by atoms with E-state index in [9.17, 15) is 4.79 Å². The summed E-state index contributed by atoms with van der Waals surface area (Å²) in [4.78, 5) is 16.5. The molecule has 1 aromatic carbocycles. The van der Waals surface area contributed by atoms with Crippen molar-refractivity contribution in [3.63, 3.8) is 0 Å². The average molecular weight is 381 g/mol. The number of imidazole rings is 1. The van der Waals surface area contributed by atoms with Gasteiger partial charge in [-0.25, -0.2) is 4.98 Å². The zero-order chi connectivity index (χ0) is 18.8. The van der Waals surface area contributed by atoms with Crippen molar-refractivity contribution < 1.29 is 4.79 Å². The number of nitrogens with zero attached hydrogens (tertiary/aromatic N) is 4. The Bertz CT molecular complexity index is 989. The Kier molecular flexibility index (Phi) is 4.59. The van der Waals surface area contributed by atoms with Crippen molar-refractivity contribution in [1.29, 1.82) is 0 Å². The largest absolute Gasteiger partial charge is 0.326 e. The Hall–Kier alpha value is -3.20. The third-order valence-corrected chi connectivity index (χ3v) is 4.87. The number of carbonyl (C=O) groups is 1. The minimum absolute atomic E-state index is 0.0769. The van der Waals surface area contributed by atoms with Gasteiger partial charge in [-0.15, -0.1) is 0 Å². The fourth-order valence-electron chi connectivity index (χ4n) is 2.76. The highest BCUT2D eigenvalue weighted by Gasteiger charge is 2.19. The number of nitrogens with one attached hydrogen (secondary N) is 3. The number of benzene rings is 1. The van der Waals surface area contributed by atoms with E-state index in [1.807, 2.05) is 54.2 Å². The maximum Gasteiger partial charge on any atom is 0.221 e. The van der Waals surface area contributed by atoms with Gasteiger partial charge in [0.25, 0.3) is 0 Å². The second-order valence-corrected chi connectivity index (χ2v) is 7.33. The summed E-state index contributed by atoms with van der Waals surface area (Å²) in [6.45, 7) is 4.19. The summed E-state index contributed by atoms with van der Waals surface area (Å²) < 4.78 is 4.15. The molecule has 138 valence electrons. The Morgan fingerprint density at radius 3 is 2.81 bits per heavy atom. The number of fused-ring (bicyclic) bond motifs is 1. The van der Waals surface area contributed by atoms with Crippen LogP contribution in [-0.4, -0.2) is 30.0 Å². The van der Waals surface area contributed by atoms with Crippen LogP contribution in [0.4, 0.5) is 11.5 Å². The number of aromatic nitrogens is 4. The van der Waals surface area contributed by atoms with Crippen LogP contribution in [0.5, 0.6) is 0 Å². The summed E-state index contributed by atoms with van der Waals surface area (Å²) >= 11 is 1.61. The number of hydrogen-bond acceptors (Lipinski definition) is 6. The number of anilines is 2. The van der Waals surface area contributed by atoms with E-state index < -0.39 is 0 Å². The van der Waals surface area contributed by atoms with Crippen molar-refractivity contribution in [2.24, 2.45) is 0 Å². The molecule has 27 heavy (non-hydrogen) atoms. The molecule has 3 N–H and O–H groups in total. The predicted molar refractivity (Wildman–Crippen MR) is 106 cm³/mol. The molecule has 0 saturated carbocycles. The Labute approximate surface area is 160 Å². The molecule has 1 aliphatic heterocycles.